The van der Waals surface area contributed by atoms with Gasteiger partial charge in [-0.25, -0.2) is 13.9 Å². The number of nitrogens with zero attached hydrogens (tertiary/aromatic N) is 2. The van der Waals surface area contributed by atoms with Gasteiger partial charge in [-0.15, -0.1) is 0 Å². The van der Waals surface area contributed by atoms with Gasteiger partial charge in [0.25, 0.3) is 0 Å². The Morgan fingerprint density at radius 1 is 1.55 bits per heavy atom. The van der Waals surface area contributed by atoms with E-state index in [1.165, 1.54) is 7.11 Å². The van der Waals surface area contributed by atoms with Crippen molar-refractivity contribution in [2.75, 3.05) is 12.9 Å². The first-order valence-electron chi connectivity index (χ1n) is 6.09. The summed E-state index contributed by atoms with van der Waals surface area (Å²) < 4.78 is 8.78. The highest BCUT2D eigenvalue weighted by Crippen LogP contribution is 2.26. The van der Waals surface area contributed by atoms with E-state index in [-0.39, 0.29) is 42.6 Å². The van der Waals surface area contributed by atoms with Gasteiger partial charge >= 0.3 is 11.1 Å². The molecule has 0 bridgehead atoms. The Labute approximate surface area is 137 Å². The normalized spacial score (nSPS) is 17.4. The zero-order chi connectivity index (χ0) is 13.4. The van der Waals surface area contributed by atoms with Gasteiger partial charge in [0.1, 0.15) is 12.6 Å². The third-order valence-electron chi connectivity index (χ3n) is 3.24. The lowest BCUT2D eigenvalue weighted by Gasteiger charge is -2.14. The fourth-order valence-electron chi connectivity index (χ4n) is 2.39. The molecule has 7 heteroatoms. The number of aromatic nitrogens is 2. The van der Waals surface area contributed by atoms with Gasteiger partial charge in [0.15, 0.2) is 17.6 Å². The summed E-state index contributed by atoms with van der Waals surface area (Å²) in [5.41, 5.74) is 2.03. The van der Waals surface area contributed by atoms with Crippen LogP contribution in [0.2, 0.25) is 0 Å². The van der Waals surface area contributed by atoms with Crippen molar-refractivity contribution >= 4 is 28.8 Å². The highest BCUT2D eigenvalue weighted by molar-refractivity contribution is 7.99. The first-order chi connectivity index (χ1) is 9.20. The number of esters is 1. The predicted octanol–water partition coefficient (Wildman–Crippen LogP) is -2.43. The lowest BCUT2D eigenvalue weighted by molar-refractivity contribution is -0.717. The predicted molar refractivity (Wildman–Crippen MR) is 70.9 cm³/mol. The molecule has 1 atom stereocenters. The van der Waals surface area contributed by atoms with Gasteiger partial charge in [-0.1, -0.05) is 12.1 Å². The molecule has 1 aliphatic heterocycles. The average Bonchev–Trinajstić information content (AvgIpc) is 2.73. The second kappa shape index (κ2) is 6.31. The molecule has 3 rings (SSSR count). The van der Waals surface area contributed by atoms with Crippen LogP contribution in [-0.2, 0) is 22.6 Å². The van der Waals surface area contributed by atoms with E-state index in [0.717, 1.165) is 16.2 Å². The number of halogens is 1. The molecule has 0 spiro atoms. The van der Waals surface area contributed by atoms with E-state index < -0.39 is 0 Å². The third kappa shape index (κ3) is 2.66. The van der Waals surface area contributed by atoms with Crippen molar-refractivity contribution in [3.05, 3.63) is 24.3 Å². The van der Waals surface area contributed by atoms with Crippen LogP contribution in [0, 0.1) is 0 Å². The van der Waals surface area contributed by atoms with Crippen LogP contribution in [0.4, 0.5) is 0 Å². The number of thioether (sulfide) groups is 1. The lowest BCUT2D eigenvalue weighted by Crippen LogP contribution is -3.00. The Bertz CT molecular complexity index is 644. The Balaban J connectivity index is 0.00000147. The van der Waals surface area contributed by atoms with E-state index in [9.17, 15) is 9.90 Å². The number of rotatable bonds is 2. The van der Waals surface area contributed by atoms with Crippen LogP contribution in [0.1, 0.15) is 0 Å². The van der Waals surface area contributed by atoms with Crippen LogP contribution in [0.15, 0.2) is 29.4 Å². The first kappa shape index (κ1) is 15.6. The standard InChI is InChI=1S/C13H15N2O3S.HI/c1-18-12(17)7-15-11-5-3-2-4-10(11)14-6-9(16)8-19-13(14)15;/h2-5,9,16H,6-8H2,1H3;1H/q+1;/p-1. The molecular formula is C13H15IN2O3S. The molecule has 5 nitrogen and oxygen atoms in total. The molecule has 0 saturated carbocycles. The smallest absolute Gasteiger partial charge is 0.348 e. The van der Waals surface area contributed by atoms with Crippen molar-refractivity contribution in [2.24, 2.45) is 0 Å². The van der Waals surface area contributed by atoms with E-state index in [1.807, 2.05) is 28.8 Å². The largest absolute Gasteiger partial charge is 1.00 e. The average molecular weight is 406 g/mol. The van der Waals surface area contributed by atoms with Crippen LogP contribution in [-0.4, -0.2) is 34.6 Å². The molecule has 20 heavy (non-hydrogen) atoms. The number of ether oxygens (including phenoxy) is 1. The number of fused-ring (bicyclic) bond motifs is 3. The molecule has 0 radical (unpaired) electrons. The van der Waals surface area contributed by atoms with Gasteiger partial charge in [-0.05, 0) is 23.9 Å². The molecular weight excluding hydrogens is 391 g/mol. The molecule has 0 fully saturated rings. The van der Waals surface area contributed by atoms with Crippen LogP contribution in [0.5, 0.6) is 0 Å². The number of carbonyl (C=O) groups excluding carboxylic acids is 1. The van der Waals surface area contributed by atoms with E-state index in [1.54, 1.807) is 11.8 Å². The van der Waals surface area contributed by atoms with Crippen LogP contribution < -0.4 is 28.5 Å². The van der Waals surface area contributed by atoms with Crippen molar-refractivity contribution in [3.8, 4) is 0 Å². The zero-order valence-corrected chi connectivity index (χ0v) is 13.9. The lowest BCUT2D eigenvalue weighted by atomic mass is 10.3. The molecule has 1 unspecified atom stereocenters. The molecule has 108 valence electrons. The minimum atomic E-state index is -0.347. The molecule has 1 aliphatic rings. The second-order valence-corrected chi connectivity index (χ2v) is 5.50. The summed E-state index contributed by atoms with van der Waals surface area (Å²) >= 11 is 1.57. The highest BCUT2D eigenvalue weighted by atomic mass is 127. The van der Waals surface area contributed by atoms with Gasteiger partial charge in [0.2, 0.25) is 0 Å². The number of hydrogen-bond acceptors (Lipinski definition) is 4. The highest BCUT2D eigenvalue weighted by Gasteiger charge is 2.32. The maximum atomic E-state index is 11.6. The molecule has 0 amide bonds. The van der Waals surface area contributed by atoms with Gasteiger partial charge < -0.3 is 33.8 Å². The van der Waals surface area contributed by atoms with Crippen LogP contribution in [0.3, 0.4) is 0 Å². The molecule has 0 aliphatic carbocycles. The number of methoxy groups -OCH3 is 1. The number of para-hydroxylation sites is 2. The SMILES string of the molecule is COC(=O)Cn1c2[n+](c3ccccc31)CC(O)CS2.[I-]. The topological polar surface area (TPSA) is 55.3 Å². The minimum absolute atomic E-state index is 0. The number of aliphatic hydroxyl groups is 1. The Morgan fingerprint density at radius 2 is 2.30 bits per heavy atom. The summed E-state index contributed by atoms with van der Waals surface area (Å²) in [6.07, 6.45) is -0.347. The van der Waals surface area contributed by atoms with Crippen molar-refractivity contribution in [3.63, 3.8) is 0 Å². The van der Waals surface area contributed by atoms with Crippen LogP contribution in [0.25, 0.3) is 11.0 Å². The maximum absolute atomic E-state index is 11.6. The van der Waals surface area contributed by atoms with E-state index in [4.69, 9.17) is 4.74 Å². The number of carbonyl (C=O) groups is 1. The summed E-state index contributed by atoms with van der Waals surface area (Å²) in [5, 5.41) is 10.8. The quantitative estimate of drug-likeness (QED) is 0.343. The van der Waals surface area contributed by atoms with Crippen molar-refractivity contribution < 1.29 is 43.2 Å². The molecule has 1 aromatic heterocycles. The van der Waals surface area contributed by atoms with Crippen molar-refractivity contribution in [1.29, 1.82) is 0 Å². The monoisotopic (exact) mass is 406 g/mol. The summed E-state index contributed by atoms with van der Waals surface area (Å²) in [6.45, 7) is 0.763. The van der Waals surface area contributed by atoms with Crippen molar-refractivity contribution in [2.45, 2.75) is 24.3 Å². The zero-order valence-electron chi connectivity index (χ0n) is 11.0. The molecule has 2 heterocycles. The van der Waals surface area contributed by atoms with E-state index in [0.29, 0.717) is 12.3 Å². The fraction of sp³-hybridized carbons (Fsp3) is 0.385. The molecule has 0 saturated heterocycles. The summed E-state index contributed by atoms with van der Waals surface area (Å²) in [7, 11) is 1.39. The van der Waals surface area contributed by atoms with Gasteiger partial charge in [0, 0.05) is 5.75 Å². The van der Waals surface area contributed by atoms with Gasteiger partial charge in [-0.2, -0.15) is 0 Å². The summed E-state index contributed by atoms with van der Waals surface area (Å²) in [5.74, 6) is 0.383. The van der Waals surface area contributed by atoms with E-state index >= 15 is 0 Å². The summed E-state index contributed by atoms with van der Waals surface area (Å²) in [4.78, 5) is 11.6. The number of hydrogen-bond donors (Lipinski definition) is 1. The minimum Gasteiger partial charge on any atom is -1.00 e. The van der Waals surface area contributed by atoms with Gasteiger partial charge in [0.05, 0.1) is 7.11 Å². The Morgan fingerprint density at radius 3 is 3.05 bits per heavy atom. The third-order valence-corrected chi connectivity index (χ3v) is 4.49. The maximum Gasteiger partial charge on any atom is 0.348 e. The Kier molecular flexibility index (Phi) is 4.92. The fourth-order valence-corrected chi connectivity index (χ4v) is 3.48. The molecule has 2 aromatic rings. The van der Waals surface area contributed by atoms with Crippen molar-refractivity contribution in [1.82, 2.24) is 4.57 Å². The molecule has 1 aromatic carbocycles. The van der Waals surface area contributed by atoms with Crippen LogP contribution >= 0.6 is 11.8 Å². The number of imidazole rings is 1. The Hall–Kier alpha value is -0.800. The molecule has 1 N–H and O–H groups in total. The van der Waals surface area contributed by atoms with Gasteiger partial charge in [-0.3, -0.25) is 0 Å². The number of aliphatic hydroxyl groups excluding tert-OH is 1. The first-order valence-corrected chi connectivity index (χ1v) is 7.08. The summed E-state index contributed by atoms with van der Waals surface area (Å²) in [6, 6.07) is 7.90. The number of benzene rings is 1. The van der Waals surface area contributed by atoms with E-state index in [2.05, 4.69) is 4.57 Å². The second-order valence-electron chi connectivity index (χ2n) is 4.51.